The average Bonchev–Trinajstić information content (AvgIpc) is 2.68. The number of benzene rings is 2. The van der Waals surface area contributed by atoms with Crippen molar-refractivity contribution in [2.45, 2.75) is 6.92 Å². The number of nitrogens with one attached hydrogen (secondary N) is 1. The number of methoxy groups -OCH3 is 1. The Kier molecular flexibility index (Phi) is 6.01. The van der Waals surface area contributed by atoms with Crippen molar-refractivity contribution >= 4 is 28.9 Å². The van der Waals surface area contributed by atoms with Crippen LogP contribution < -0.4 is 15.0 Å². The van der Waals surface area contributed by atoms with Crippen LogP contribution in [-0.4, -0.2) is 50.6 Å². The van der Waals surface area contributed by atoms with Gasteiger partial charge in [0.05, 0.1) is 12.7 Å². The number of carbonyl (C=O) groups is 1. The van der Waals surface area contributed by atoms with E-state index in [0.717, 1.165) is 38.4 Å². The zero-order valence-corrected chi connectivity index (χ0v) is 15.9. The summed E-state index contributed by atoms with van der Waals surface area (Å²) in [6.07, 6.45) is 0. The fourth-order valence-corrected chi connectivity index (χ4v) is 3.31. The minimum Gasteiger partial charge on any atom is -0.496 e. The Morgan fingerprint density at radius 2 is 1.81 bits per heavy atom. The lowest BCUT2D eigenvalue weighted by Crippen LogP contribution is -2.46. The first-order valence-electron chi connectivity index (χ1n) is 8.83. The SMILES string of the molecule is CCN1CCN(c2ccc(NC(=O)c3cc(Cl)ccc3OC)cc2)CC1. The van der Waals surface area contributed by atoms with Crippen LogP contribution in [0.15, 0.2) is 42.5 Å². The zero-order valence-electron chi connectivity index (χ0n) is 15.2. The van der Waals surface area contributed by atoms with Gasteiger partial charge in [-0.05, 0) is 49.0 Å². The number of likely N-dealkylation sites (N-methyl/N-ethyl adjacent to an activating group) is 1. The lowest BCUT2D eigenvalue weighted by molar-refractivity contribution is 0.102. The quantitative estimate of drug-likeness (QED) is 0.867. The molecule has 0 unspecified atom stereocenters. The first kappa shape index (κ1) is 18.5. The maximum Gasteiger partial charge on any atom is 0.259 e. The molecular weight excluding hydrogens is 350 g/mol. The van der Waals surface area contributed by atoms with Gasteiger partial charge in [-0.2, -0.15) is 0 Å². The largest absolute Gasteiger partial charge is 0.496 e. The van der Waals surface area contributed by atoms with Crippen molar-refractivity contribution in [2.24, 2.45) is 0 Å². The van der Waals surface area contributed by atoms with E-state index in [9.17, 15) is 4.79 Å². The van der Waals surface area contributed by atoms with Crippen LogP contribution in [-0.2, 0) is 0 Å². The van der Waals surface area contributed by atoms with E-state index in [0.29, 0.717) is 16.3 Å². The molecule has 1 fully saturated rings. The smallest absolute Gasteiger partial charge is 0.259 e. The molecule has 26 heavy (non-hydrogen) atoms. The predicted octanol–water partition coefficient (Wildman–Crippen LogP) is 3.74. The van der Waals surface area contributed by atoms with Crippen LogP contribution in [0, 0.1) is 0 Å². The highest BCUT2D eigenvalue weighted by atomic mass is 35.5. The molecule has 2 aromatic carbocycles. The van der Waals surface area contributed by atoms with Gasteiger partial charge < -0.3 is 19.9 Å². The van der Waals surface area contributed by atoms with Gasteiger partial charge in [0.2, 0.25) is 0 Å². The summed E-state index contributed by atoms with van der Waals surface area (Å²) in [6.45, 7) is 7.53. The van der Waals surface area contributed by atoms with E-state index in [2.05, 4.69) is 22.0 Å². The maximum absolute atomic E-state index is 12.5. The van der Waals surface area contributed by atoms with Crippen LogP contribution in [0.25, 0.3) is 0 Å². The number of amides is 1. The molecule has 0 saturated carbocycles. The Balaban J connectivity index is 1.66. The molecule has 138 valence electrons. The van der Waals surface area contributed by atoms with E-state index in [1.807, 2.05) is 24.3 Å². The van der Waals surface area contributed by atoms with Gasteiger partial charge in [-0.15, -0.1) is 0 Å². The Labute approximate surface area is 159 Å². The van der Waals surface area contributed by atoms with E-state index in [-0.39, 0.29) is 5.91 Å². The van der Waals surface area contributed by atoms with Crippen LogP contribution in [0.3, 0.4) is 0 Å². The van der Waals surface area contributed by atoms with Crippen molar-refractivity contribution in [3.8, 4) is 5.75 Å². The van der Waals surface area contributed by atoms with E-state index < -0.39 is 0 Å². The molecule has 5 nitrogen and oxygen atoms in total. The summed E-state index contributed by atoms with van der Waals surface area (Å²) in [5, 5.41) is 3.40. The van der Waals surface area contributed by atoms with Crippen LogP contribution >= 0.6 is 11.6 Å². The second-order valence-electron chi connectivity index (χ2n) is 6.27. The summed E-state index contributed by atoms with van der Waals surface area (Å²) >= 11 is 6.00. The molecule has 2 aromatic rings. The number of ether oxygens (including phenoxy) is 1. The van der Waals surface area contributed by atoms with Crippen molar-refractivity contribution in [2.75, 3.05) is 50.1 Å². The molecule has 1 aliphatic rings. The number of halogens is 1. The summed E-state index contributed by atoms with van der Waals surface area (Å²) in [6, 6.07) is 12.9. The maximum atomic E-state index is 12.5. The molecule has 0 atom stereocenters. The van der Waals surface area contributed by atoms with E-state index in [4.69, 9.17) is 16.3 Å². The summed E-state index contributed by atoms with van der Waals surface area (Å²) in [4.78, 5) is 17.4. The first-order valence-corrected chi connectivity index (χ1v) is 9.20. The third-order valence-electron chi connectivity index (χ3n) is 4.72. The molecule has 6 heteroatoms. The summed E-state index contributed by atoms with van der Waals surface area (Å²) in [7, 11) is 1.53. The molecule has 0 spiro atoms. The minimum atomic E-state index is -0.242. The van der Waals surface area contributed by atoms with Crippen LogP contribution in [0.4, 0.5) is 11.4 Å². The Bertz CT molecular complexity index is 756. The normalized spacial score (nSPS) is 15.0. The predicted molar refractivity (Wildman–Crippen MR) is 107 cm³/mol. The number of carbonyl (C=O) groups excluding carboxylic acids is 1. The Morgan fingerprint density at radius 1 is 1.12 bits per heavy atom. The molecule has 1 amide bonds. The lowest BCUT2D eigenvalue weighted by atomic mass is 10.1. The minimum absolute atomic E-state index is 0.242. The molecule has 0 aliphatic carbocycles. The third-order valence-corrected chi connectivity index (χ3v) is 4.95. The molecule has 3 rings (SSSR count). The second-order valence-corrected chi connectivity index (χ2v) is 6.70. The molecule has 0 radical (unpaired) electrons. The van der Waals surface area contributed by atoms with Gasteiger partial charge in [0.25, 0.3) is 5.91 Å². The number of nitrogens with zero attached hydrogens (tertiary/aromatic N) is 2. The number of hydrogen-bond donors (Lipinski definition) is 1. The van der Waals surface area contributed by atoms with E-state index in [1.54, 1.807) is 18.2 Å². The molecule has 1 saturated heterocycles. The monoisotopic (exact) mass is 373 g/mol. The summed E-state index contributed by atoms with van der Waals surface area (Å²) in [5.74, 6) is 0.256. The molecule has 1 N–H and O–H groups in total. The standard InChI is InChI=1S/C20H24ClN3O2/c1-3-23-10-12-24(13-11-23)17-7-5-16(6-8-17)22-20(25)18-14-15(21)4-9-19(18)26-2/h4-9,14H,3,10-13H2,1-2H3,(H,22,25). The molecular formula is C20H24ClN3O2. The molecule has 0 bridgehead atoms. The van der Waals surface area contributed by atoms with Gasteiger partial charge >= 0.3 is 0 Å². The number of hydrogen-bond acceptors (Lipinski definition) is 4. The Hall–Kier alpha value is -2.24. The summed E-state index contributed by atoms with van der Waals surface area (Å²) in [5.41, 5.74) is 2.34. The number of anilines is 2. The van der Waals surface area contributed by atoms with Crippen LogP contribution in [0.1, 0.15) is 17.3 Å². The molecule has 1 aliphatic heterocycles. The second kappa shape index (κ2) is 8.43. The van der Waals surface area contributed by atoms with Gasteiger partial charge in [0, 0.05) is 42.6 Å². The first-order chi connectivity index (χ1) is 12.6. The molecule has 1 heterocycles. The highest BCUT2D eigenvalue weighted by Gasteiger charge is 2.16. The van der Waals surface area contributed by atoms with Crippen molar-refractivity contribution < 1.29 is 9.53 Å². The van der Waals surface area contributed by atoms with Gasteiger partial charge in [-0.25, -0.2) is 0 Å². The van der Waals surface area contributed by atoms with Crippen molar-refractivity contribution in [3.05, 3.63) is 53.1 Å². The fraction of sp³-hybridized carbons (Fsp3) is 0.350. The van der Waals surface area contributed by atoms with Gasteiger partial charge in [0.15, 0.2) is 0 Å². The van der Waals surface area contributed by atoms with Gasteiger partial charge in [0.1, 0.15) is 5.75 Å². The van der Waals surface area contributed by atoms with E-state index in [1.165, 1.54) is 12.8 Å². The van der Waals surface area contributed by atoms with Gasteiger partial charge in [-0.1, -0.05) is 18.5 Å². The van der Waals surface area contributed by atoms with E-state index >= 15 is 0 Å². The van der Waals surface area contributed by atoms with Crippen LogP contribution in [0.5, 0.6) is 5.75 Å². The highest BCUT2D eigenvalue weighted by molar-refractivity contribution is 6.31. The highest BCUT2D eigenvalue weighted by Crippen LogP contribution is 2.25. The van der Waals surface area contributed by atoms with Gasteiger partial charge in [-0.3, -0.25) is 4.79 Å². The Morgan fingerprint density at radius 3 is 2.42 bits per heavy atom. The molecule has 0 aromatic heterocycles. The van der Waals surface area contributed by atoms with Crippen molar-refractivity contribution in [3.63, 3.8) is 0 Å². The van der Waals surface area contributed by atoms with Crippen molar-refractivity contribution in [1.29, 1.82) is 0 Å². The number of rotatable bonds is 5. The number of piperazine rings is 1. The van der Waals surface area contributed by atoms with Crippen molar-refractivity contribution in [1.82, 2.24) is 4.90 Å². The lowest BCUT2D eigenvalue weighted by Gasteiger charge is -2.35. The zero-order chi connectivity index (χ0) is 18.5. The fourth-order valence-electron chi connectivity index (χ4n) is 3.13. The third kappa shape index (κ3) is 4.29. The van der Waals surface area contributed by atoms with Crippen LogP contribution in [0.2, 0.25) is 5.02 Å². The summed E-state index contributed by atoms with van der Waals surface area (Å²) < 4.78 is 5.25. The average molecular weight is 374 g/mol. The topological polar surface area (TPSA) is 44.8 Å².